The van der Waals surface area contributed by atoms with Crippen LogP contribution in [0.15, 0.2) is 54.7 Å². The van der Waals surface area contributed by atoms with Crippen LogP contribution in [0.25, 0.3) is 10.9 Å². The van der Waals surface area contributed by atoms with E-state index in [0.717, 1.165) is 17.6 Å². The van der Waals surface area contributed by atoms with Gasteiger partial charge in [-0.15, -0.1) is 0 Å². The highest BCUT2D eigenvalue weighted by Gasteiger charge is 2.02. The van der Waals surface area contributed by atoms with Crippen molar-refractivity contribution in [1.82, 2.24) is 10.3 Å². The summed E-state index contributed by atoms with van der Waals surface area (Å²) in [5.74, 6) is 0. The molecule has 0 radical (unpaired) electrons. The summed E-state index contributed by atoms with van der Waals surface area (Å²) < 4.78 is 0. The smallest absolute Gasteiger partial charge is 0.319 e. The maximum Gasteiger partial charge on any atom is 0.319 e. The third kappa shape index (κ3) is 3.47. The number of aromatic nitrogens is 1. The number of aryl methyl sites for hydroxylation is 1. The molecule has 0 aliphatic heterocycles. The number of H-pyrrole nitrogens is 1. The van der Waals surface area contributed by atoms with Gasteiger partial charge in [-0.2, -0.15) is 0 Å². The Kier molecular flexibility index (Phi) is 4.10. The minimum Gasteiger partial charge on any atom is -0.361 e. The first-order chi connectivity index (χ1) is 10.7. The summed E-state index contributed by atoms with van der Waals surface area (Å²) in [5, 5.41) is 6.90. The summed E-state index contributed by atoms with van der Waals surface area (Å²) >= 11 is 0. The molecule has 22 heavy (non-hydrogen) atoms. The van der Waals surface area contributed by atoms with Crippen LogP contribution in [0.1, 0.15) is 11.1 Å². The molecule has 1 heterocycles. The van der Waals surface area contributed by atoms with Crippen molar-refractivity contribution in [2.75, 3.05) is 11.9 Å². The number of benzene rings is 2. The SMILES string of the molecule is Cc1ccc(NC(=O)NCCc2ccc3cc[nH]c3c2)cc1. The number of hydrogen-bond acceptors (Lipinski definition) is 1. The van der Waals surface area contributed by atoms with E-state index in [4.69, 9.17) is 0 Å². The number of aromatic amines is 1. The molecular formula is C18H19N3O. The Morgan fingerprint density at radius 1 is 1.09 bits per heavy atom. The van der Waals surface area contributed by atoms with Gasteiger partial charge in [0.25, 0.3) is 0 Å². The number of amides is 2. The predicted molar refractivity (Wildman–Crippen MR) is 90.2 cm³/mol. The minimum absolute atomic E-state index is 0.176. The summed E-state index contributed by atoms with van der Waals surface area (Å²) in [6, 6.07) is 15.9. The van der Waals surface area contributed by atoms with Crippen LogP contribution in [0.5, 0.6) is 0 Å². The first kappa shape index (κ1) is 14.2. The van der Waals surface area contributed by atoms with E-state index in [0.29, 0.717) is 6.54 Å². The summed E-state index contributed by atoms with van der Waals surface area (Å²) in [7, 11) is 0. The third-order valence-electron chi connectivity index (χ3n) is 3.63. The Bertz CT molecular complexity index is 774. The first-order valence-corrected chi connectivity index (χ1v) is 7.38. The lowest BCUT2D eigenvalue weighted by Gasteiger charge is -2.08. The van der Waals surface area contributed by atoms with E-state index < -0.39 is 0 Å². The zero-order valence-electron chi connectivity index (χ0n) is 12.5. The van der Waals surface area contributed by atoms with Crippen molar-refractivity contribution in [2.45, 2.75) is 13.3 Å². The number of hydrogen-bond donors (Lipinski definition) is 3. The van der Waals surface area contributed by atoms with Crippen molar-refractivity contribution < 1.29 is 4.79 Å². The predicted octanol–water partition coefficient (Wildman–Crippen LogP) is 3.84. The monoisotopic (exact) mass is 293 g/mol. The number of carbonyl (C=O) groups is 1. The molecule has 0 aliphatic carbocycles. The number of anilines is 1. The molecule has 3 rings (SSSR count). The number of urea groups is 1. The Morgan fingerprint density at radius 2 is 1.91 bits per heavy atom. The normalized spacial score (nSPS) is 10.6. The highest BCUT2D eigenvalue weighted by molar-refractivity contribution is 5.89. The lowest BCUT2D eigenvalue weighted by atomic mass is 10.1. The second-order valence-electron chi connectivity index (χ2n) is 5.40. The molecule has 4 heteroatoms. The van der Waals surface area contributed by atoms with Gasteiger partial charge in [0, 0.05) is 23.9 Å². The fraction of sp³-hybridized carbons (Fsp3) is 0.167. The zero-order chi connectivity index (χ0) is 15.4. The highest BCUT2D eigenvalue weighted by Crippen LogP contribution is 2.14. The Labute approximate surface area is 129 Å². The number of carbonyl (C=O) groups excluding carboxylic acids is 1. The van der Waals surface area contributed by atoms with E-state index in [1.54, 1.807) is 0 Å². The molecule has 0 fully saturated rings. The highest BCUT2D eigenvalue weighted by atomic mass is 16.2. The van der Waals surface area contributed by atoms with Crippen molar-refractivity contribution in [3.05, 3.63) is 65.9 Å². The van der Waals surface area contributed by atoms with E-state index in [9.17, 15) is 4.79 Å². The van der Waals surface area contributed by atoms with E-state index in [2.05, 4.69) is 33.8 Å². The first-order valence-electron chi connectivity index (χ1n) is 7.38. The van der Waals surface area contributed by atoms with Crippen molar-refractivity contribution in [3.8, 4) is 0 Å². The third-order valence-corrected chi connectivity index (χ3v) is 3.63. The molecular weight excluding hydrogens is 274 g/mol. The van der Waals surface area contributed by atoms with Crippen LogP contribution in [-0.2, 0) is 6.42 Å². The van der Waals surface area contributed by atoms with Crippen molar-refractivity contribution in [1.29, 1.82) is 0 Å². The molecule has 4 nitrogen and oxygen atoms in total. The molecule has 0 saturated heterocycles. The second-order valence-corrected chi connectivity index (χ2v) is 5.40. The number of rotatable bonds is 4. The van der Waals surface area contributed by atoms with Crippen LogP contribution in [0, 0.1) is 6.92 Å². The molecule has 112 valence electrons. The van der Waals surface area contributed by atoms with Gasteiger partial charge in [0.2, 0.25) is 0 Å². The molecule has 3 aromatic rings. The molecule has 2 aromatic carbocycles. The van der Waals surface area contributed by atoms with Gasteiger partial charge in [0.1, 0.15) is 0 Å². The van der Waals surface area contributed by atoms with Gasteiger partial charge >= 0.3 is 6.03 Å². The molecule has 1 aromatic heterocycles. The summed E-state index contributed by atoms with van der Waals surface area (Å²) in [6.45, 7) is 2.62. The van der Waals surface area contributed by atoms with Crippen LogP contribution in [-0.4, -0.2) is 17.6 Å². The molecule has 3 N–H and O–H groups in total. The van der Waals surface area contributed by atoms with Crippen molar-refractivity contribution in [2.24, 2.45) is 0 Å². The van der Waals surface area contributed by atoms with E-state index in [1.165, 1.54) is 16.5 Å². The second kappa shape index (κ2) is 6.35. The van der Waals surface area contributed by atoms with Crippen LogP contribution < -0.4 is 10.6 Å². The fourth-order valence-electron chi connectivity index (χ4n) is 2.38. The Balaban J connectivity index is 1.49. The average Bonchev–Trinajstić information content (AvgIpc) is 2.97. The van der Waals surface area contributed by atoms with E-state index in [-0.39, 0.29) is 6.03 Å². The van der Waals surface area contributed by atoms with Crippen molar-refractivity contribution in [3.63, 3.8) is 0 Å². The van der Waals surface area contributed by atoms with Crippen LogP contribution in [0.4, 0.5) is 10.5 Å². The fourth-order valence-corrected chi connectivity index (χ4v) is 2.38. The molecule has 0 unspecified atom stereocenters. The average molecular weight is 293 g/mol. The minimum atomic E-state index is -0.176. The van der Waals surface area contributed by atoms with Crippen LogP contribution >= 0.6 is 0 Å². The molecule has 0 saturated carbocycles. The van der Waals surface area contributed by atoms with Gasteiger partial charge in [-0.25, -0.2) is 4.79 Å². The van der Waals surface area contributed by atoms with E-state index in [1.807, 2.05) is 43.5 Å². The zero-order valence-corrected chi connectivity index (χ0v) is 12.5. The largest absolute Gasteiger partial charge is 0.361 e. The lowest BCUT2D eigenvalue weighted by Crippen LogP contribution is -2.30. The number of fused-ring (bicyclic) bond motifs is 1. The lowest BCUT2D eigenvalue weighted by molar-refractivity contribution is 0.252. The molecule has 0 aliphatic rings. The number of nitrogens with one attached hydrogen (secondary N) is 3. The molecule has 2 amide bonds. The maximum absolute atomic E-state index is 11.8. The standard InChI is InChI=1S/C18H19N3O/c1-13-2-6-16(7-3-13)21-18(22)20-10-8-14-4-5-15-9-11-19-17(15)12-14/h2-7,9,11-12,19H,8,10H2,1H3,(H2,20,21,22). The molecule has 0 atom stereocenters. The quantitative estimate of drug-likeness (QED) is 0.672. The summed E-state index contributed by atoms with van der Waals surface area (Å²) in [4.78, 5) is 15.0. The van der Waals surface area contributed by atoms with Gasteiger partial charge in [-0.05, 0) is 48.6 Å². The van der Waals surface area contributed by atoms with Gasteiger partial charge in [-0.3, -0.25) is 0 Å². The molecule has 0 spiro atoms. The van der Waals surface area contributed by atoms with Gasteiger partial charge < -0.3 is 15.6 Å². The van der Waals surface area contributed by atoms with Gasteiger partial charge in [-0.1, -0.05) is 29.8 Å². The Morgan fingerprint density at radius 3 is 2.73 bits per heavy atom. The maximum atomic E-state index is 11.8. The van der Waals surface area contributed by atoms with E-state index >= 15 is 0 Å². The molecule has 0 bridgehead atoms. The van der Waals surface area contributed by atoms with Crippen LogP contribution in [0.2, 0.25) is 0 Å². The topological polar surface area (TPSA) is 56.9 Å². The van der Waals surface area contributed by atoms with Gasteiger partial charge in [0.15, 0.2) is 0 Å². The summed E-state index contributed by atoms with van der Waals surface area (Å²) in [5.41, 5.74) is 4.30. The Hall–Kier alpha value is -2.75. The van der Waals surface area contributed by atoms with Crippen LogP contribution in [0.3, 0.4) is 0 Å². The summed E-state index contributed by atoms with van der Waals surface area (Å²) in [6.07, 6.45) is 2.73. The van der Waals surface area contributed by atoms with Gasteiger partial charge in [0.05, 0.1) is 0 Å². The van der Waals surface area contributed by atoms with Crippen molar-refractivity contribution >= 4 is 22.6 Å².